The summed E-state index contributed by atoms with van der Waals surface area (Å²) in [6.45, 7) is 5.42. The Labute approximate surface area is 107 Å². The molecule has 17 heavy (non-hydrogen) atoms. The van der Waals surface area contributed by atoms with E-state index in [2.05, 4.69) is 4.74 Å². The van der Waals surface area contributed by atoms with Crippen LogP contribution in [0.1, 0.15) is 33.6 Å². The minimum absolute atomic E-state index is 0.0878. The molecule has 0 amide bonds. The van der Waals surface area contributed by atoms with E-state index in [0.29, 0.717) is 6.42 Å². The highest BCUT2D eigenvalue weighted by atomic mass is 32.2. The Bertz CT molecular complexity index is 258. The van der Waals surface area contributed by atoms with Gasteiger partial charge in [-0.1, -0.05) is 0 Å². The van der Waals surface area contributed by atoms with Crippen LogP contribution < -0.4 is 0 Å². The zero-order chi connectivity index (χ0) is 13.5. The van der Waals surface area contributed by atoms with Crippen LogP contribution in [-0.2, 0) is 19.1 Å². The average molecular weight is 262 g/mol. The Morgan fingerprint density at radius 2 is 1.88 bits per heavy atom. The first-order valence-corrected chi connectivity index (χ1v) is 6.98. The van der Waals surface area contributed by atoms with Crippen LogP contribution in [-0.4, -0.2) is 36.7 Å². The van der Waals surface area contributed by atoms with Gasteiger partial charge < -0.3 is 9.47 Å². The van der Waals surface area contributed by atoms with Crippen molar-refractivity contribution < 1.29 is 19.1 Å². The van der Waals surface area contributed by atoms with E-state index in [1.54, 1.807) is 32.5 Å². The van der Waals surface area contributed by atoms with Gasteiger partial charge in [-0.15, -0.1) is 0 Å². The fourth-order valence-electron chi connectivity index (χ4n) is 1.31. The summed E-state index contributed by atoms with van der Waals surface area (Å²) in [6.07, 6.45) is 2.68. The van der Waals surface area contributed by atoms with E-state index in [9.17, 15) is 9.59 Å². The van der Waals surface area contributed by atoms with Gasteiger partial charge in [0.2, 0.25) is 0 Å². The van der Waals surface area contributed by atoms with Crippen LogP contribution in [0.5, 0.6) is 0 Å². The van der Waals surface area contributed by atoms with Gasteiger partial charge in [0.25, 0.3) is 0 Å². The lowest BCUT2D eigenvalue weighted by molar-refractivity contribution is -0.160. The lowest BCUT2D eigenvalue weighted by Gasteiger charge is -2.21. The second kappa shape index (κ2) is 7.58. The van der Waals surface area contributed by atoms with Crippen molar-refractivity contribution in [2.75, 3.05) is 19.1 Å². The molecule has 100 valence electrons. The van der Waals surface area contributed by atoms with Gasteiger partial charge in [-0.3, -0.25) is 9.59 Å². The third-order valence-corrected chi connectivity index (χ3v) is 2.68. The molecule has 0 N–H and O–H groups in total. The van der Waals surface area contributed by atoms with Gasteiger partial charge in [0, 0.05) is 0 Å². The van der Waals surface area contributed by atoms with Crippen molar-refractivity contribution >= 4 is 23.7 Å². The number of hydrogen-bond acceptors (Lipinski definition) is 5. The molecule has 4 nitrogen and oxygen atoms in total. The fraction of sp³-hybridized carbons (Fsp3) is 0.833. The summed E-state index contributed by atoms with van der Waals surface area (Å²) in [6, 6.07) is 0. The third-order valence-electron chi connectivity index (χ3n) is 2.04. The predicted octanol–water partition coefficient (Wildman–Crippen LogP) is 2.26. The van der Waals surface area contributed by atoms with E-state index in [1.165, 1.54) is 7.11 Å². The molecule has 0 saturated heterocycles. The monoisotopic (exact) mass is 262 g/mol. The molecule has 0 aromatic heterocycles. The van der Waals surface area contributed by atoms with Crippen molar-refractivity contribution in [3.63, 3.8) is 0 Å². The molecule has 0 rings (SSSR count). The van der Waals surface area contributed by atoms with Gasteiger partial charge in [-0.2, -0.15) is 11.8 Å². The maximum absolute atomic E-state index is 11.6. The molecule has 0 saturated carbocycles. The second-order valence-corrected chi connectivity index (χ2v) is 5.78. The van der Waals surface area contributed by atoms with Crippen LogP contribution in [0.2, 0.25) is 0 Å². The predicted molar refractivity (Wildman–Crippen MR) is 69.0 cm³/mol. The van der Waals surface area contributed by atoms with E-state index in [4.69, 9.17) is 4.74 Å². The summed E-state index contributed by atoms with van der Waals surface area (Å²) < 4.78 is 9.87. The van der Waals surface area contributed by atoms with E-state index < -0.39 is 11.5 Å². The van der Waals surface area contributed by atoms with E-state index in [0.717, 1.165) is 5.75 Å². The minimum Gasteiger partial charge on any atom is -0.469 e. The van der Waals surface area contributed by atoms with E-state index in [1.807, 2.05) is 6.26 Å². The summed E-state index contributed by atoms with van der Waals surface area (Å²) in [4.78, 5) is 23.1. The highest BCUT2D eigenvalue weighted by Crippen LogP contribution is 2.17. The van der Waals surface area contributed by atoms with Crippen molar-refractivity contribution in [3.8, 4) is 0 Å². The zero-order valence-electron chi connectivity index (χ0n) is 11.2. The van der Waals surface area contributed by atoms with Crippen molar-refractivity contribution in [1.29, 1.82) is 0 Å². The molecule has 0 aliphatic carbocycles. The fourth-order valence-corrected chi connectivity index (χ4v) is 1.83. The van der Waals surface area contributed by atoms with Crippen LogP contribution in [0.25, 0.3) is 0 Å². The quantitative estimate of drug-likeness (QED) is 0.687. The van der Waals surface area contributed by atoms with Crippen LogP contribution >= 0.6 is 11.8 Å². The molecule has 0 radical (unpaired) electrons. The second-order valence-electron chi connectivity index (χ2n) is 4.79. The number of rotatable bonds is 6. The Morgan fingerprint density at radius 3 is 2.29 bits per heavy atom. The van der Waals surface area contributed by atoms with Crippen LogP contribution in [0.3, 0.4) is 0 Å². The van der Waals surface area contributed by atoms with Crippen LogP contribution in [0.15, 0.2) is 0 Å². The number of carbonyl (C=O) groups is 2. The summed E-state index contributed by atoms with van der Waals surface area (Å²) in [5, 5.41) is 0. The molecule has 0 aromatic rings. The molecule has 0 aliphatic rings. The first kappa shape index (κ1) is 16.3. The highest BCUT2D eigenvalue weighted by molar-refractivity contribution is 7.98. The normalized spacial score (nSPS) is 13.0. The van der Waals surface area contributed by atoms with Crippen molar-refractivity contribution in [3.05, 3.63) is 0 Å². The first-order valence-electron chi connectivity index (χ1n) is 5.58. The first-order chi connectivity index (χ1) is 7.80. The number of methoxy groups -OCH3 is 1. The molecule has 1 unspecified atom stereocenters. The standard InChI is InChI=1S/C12H22O4S/c1-12(2,3)16-10(13)8-9(6-7-17-5)11(14)15-4/h9H,6-8H2,1-5H3. The maximum atomic E-state index is 11.6. The molecule has 0 fully saturated rings. The minimum atomic E-state index is -0.517. The molecule has 5 heteroatoms. The van der Waals surface area contributed by atoms with Crippen LogP contribution in [0, 0.1) is 5.92 Å². The zero-order valence-corrected chi connectivity index (χ0v) is 12.1. The van der Waals surface area contributed by atoms with E-state index in [-0.39, 0.29) is 18.4 Å². The maximum Gasteiger partial charge on any atom is 0.309 e. The van der Waals surface area contributed by atoms with Crippen LogP contribution in [0.4, 0.5) is 0 Å². The van der Waals surface area contributed by atoms with Crippen molar-refractivity contribution in [2.24, 2.45) is 5.92 Å². The Morgan fingerprint density at radius 1 is 1.29 bits per heavy atom. The van der Waals surface area contributed by atoms with Gasteiger partial charge >= 0.3 is 11.9 Å². The highest BCUT2D eigenvalue weighted by Gasteiger charge is 2.25. The summed E-state index contributed by atoms with van der Waals surface area (Å²) in [7, 11) is 1.34. The third kappa shape index (κ3) is 8.07. The Balaban J connectivity index is 4.32. The molecule has 1 atom stereocenters. The number of thioether (sulfide) groups is 1. The lowest BCUT2D eigenvalue weighted by atomic mass is 10.0. The molecule has 0 bridgehead atoms. The Kier molecular flexibility index (Phi) is 7.27. The molecule has 0 aliphatic heterocycles. The molecule has 0 aromatic carbocycles. The van der Waals surface area contributed by atoms with Crippen molar-refractivity contribution in [2.45, 2.75) is 39.2 Å². The van der Waals surface area contributed by atoms with Gasteiger partial charge in [0.1, 0.15) is 5.60 Å². The topological polar surface area (TPSA) is 52.6 Å². The average Bonchev–Trinajstić information content (AvgIpc) is 2.20. The summed E-state index contributed by atoms with van der Waals surface area (Å²) in [5.41, 5.74) is -0.517. The van der Waals surface area contributed by atoms with Gasteiger partial charge in [0.15, 0.2) is 0 Å². The molecule has 0 spiro atoms. The number of carbonyl (C=O) groups excluding carboxylic acids is 2. The summed E-state index contributed by atoms with van der Waals surface area (Å²) >= 11 is 1.64. The molecular weight excluding hydrogens is 240 g/mol. The molecular formula is C12H22O4S. The van der Waals surface area contributed by atoms with E-state index >= 15 is 0 Å². The number of hydrogen-bond donors (Lipinski definition) is 0. The van der Waals surface area contributed by atoms with Gasteiger partial charge in [-0.05, 0) is 39.2 Å². The Hall–Kier alpha value is -0.710. The van der Waals surface area contributed by atoms with Gasteiger partial charge in [0.05, 0.1) is 19.4 Å². The number of ether oxygens (including phenoxy) is 2. The van der Waals surface area contributed by atoms with Gasteiger partial charge in [-0.25, -0.2) is 0 Å². The summed E-state index contributed by atoms with van der Waals surface area (Å²) in [5.74, 6) is -0.274. The SMILES string of the molecule is COC(=O)C(CCSC)CC(=O)OC(C)(C)C. The smallest absolute Gasteiger partial charge is 0.309 e. The largest absolute Gasteiger partial charge is 0.469 e. The lowest BCUT2D eigenvalue weighted by Crippen LogP contribution is -2.28. The van der Waals surface area contributed by atoms with Crippen molar-refractivity contribution in [1.82, 2.24) is 0 Å². The molecule has 0 heterocycles. The number of esters is 2.